The van der Waals surface area contributed by atoms with Crippen LogP contribution >= 0.6 is 35.3 Å². The Morgan fingerprint density at radius 1 is 1.50 bits per heavy atom. The molecule has 0 spiro atoms. The molecule has 2 N–H and O–H groups in total. The summed E-state index contributed by atoms with van der Waals surface area (Å²) >= 11 is 7.40. The van der Waals surface area contributed by atoms with Crippen LogP contribution < -0.4 is 5.73 Å². The molecule has 1 fully saturated rings. The third-order valence-corrected chi connectivity index (χ3v) is 3.38. The minimum Gasteiger partial charge on any atom is -0.323 e. The summed E-state index contributed by atoms with van der Waals surface area (Å²) in [6.45, 7) is 0. The quantitative estimate of drug-likeness (QED) is 0.819. The molecule has 0 saturated heterocycles. The zero-order chi connectivity index (χ0) is 7.84. The number of halogens is 2. The molecule has 1 aliphatic rings. The van der Waals surface area contributed by atoms with E-state index in [0.29, 0.717) is 0 Å². The molecule has 4 heteroatoms. The predicted molar refractivity (Wildman–Crippen MR) is 56.2 cm³/mol. The van der Waals surface area contributed by atoms with Gasteiger partial charge in [0.15, 0.2) is 0 Å². The molecule has 0 aromatic carbocycles. The summed E-state index contributed by atoms with van der Waals surface area (Å²) in [5.74, 6) is 0.727. The first-order valence-corrected chi connectivity index (χ1v) is 4.97. The molecule has 12 heavy (non-hydrogen) atoms. The fourth-order valence-corrected chi connectivity index (χ4v) is 2.35. The Morgan fingerprint density at radius 3 is 2.58 bits per heavy atom. The maximum atomic E-state index is 5.97. The van der Waals surface area contributed by atoms with Gasteiger partial charge in [0.1, 0.15) is 0 Å². The minimum absolute atomic E-state index is 0. The highest BCUT2D eigenvalue weighted by molar-refractivity contribution is 7.16. The van der Waals surface area contributed by atoms with Crippen LogP contribution in [0.1, 0.15) is 23.8 Å². The van der Waals surface area contributed by atoms with Crippen LogP contribution in [0.3, 0.4) is 0 Å². The van der Waals surface area contributed by atoms with Gasteiger partial charge in [0.25, 0.3) is 0 Å². The highest BCUT2D eigenvalue weighted by Crippen LogP contribution is 2.41. The van der Waals surface area contributed by atoms with Crippen LogP contribution in [0.15, 0.2) is 12.1 Å². The van der Waals surface area contributed by atoms with E-state index in [-0.39, 0.29) is 18.4 Å². The van der Waals surface area contributed by atoms with Crippen molar-refractivity contribution in [3.63, 3.8) is 0 Å². The van der Waals surface area contributed by atoms with Gasteiger partial charge in [0, 0.05) is 10.9 Å². The van der Waals surface area contributed by atoms with E-state index in [1.54, 1.807) is 11.3 Å². The first-order chi connectivity index (χ1) is 5.27. The molecule has 1 nitrogen and oxygen atoms in total. The molecule has 1 aromatic rings. The van der Waals surface area contributed by atoms with Gasteiger partial charge < -0.3 is 5.73 Å². The number of rotatable bonds is 2. The van der Waals surface area contributed by atoms with Gasteiger partial charge in [-0.05, 0) is 30.9 Å². The standard InChI is InChI=1S/C8H10ClNS.ClH/c9-7-4-3-6(11-7)8(10)5-1-2-5;/h3-5,8H,1-2,10H2;1H/t8-;/m0./s1. The monoisotopic (exact) mass is 223 g/mol. The second kappa shape index (κ2) is 3.97. The van der Waals surface area contributed by atoms with E-state index in [0.717, 1.165) is 10.3 Å². The van der Waals surface area contributed by atoms with Crippen molar-refractivity contribution in [2.24, 2.45) is 11.7 Å². The van der Waals surface area contributed by atoms with E-state index < -0.39 is 0 Å². The summed E-state index contributed by atoms with van der Waals surface area (Å²) in [6, 6.07) is 4.20. The van der Waals surface area contributed by atoms with Crippen molar-refractivity contribution in [2.75, 3.05) is 0 Å². The highest BCUT2D eigenvalue weighted by atomic mass is 35.5. The average molecular weight is 224 g/mol. The van der Waals surface area contributed by atoms with E-state index in [9.17, 15) is 0 Å². The van der Waals surface area contributed by atoms with Gasteiger partial charge in [-0.15, -0.1) is 23.7 Å². The van der Waals surface area contributed by atoms with Gasteiger partial charge in [-0.2, -0.15) is 0 Å². The van der Waals surface area contributed by atoms with Gasteiger partial charge in [-0.1, -0.05) is 11.6 Å². The molecule has 1 aromatic heterocycles. The van der Waals surface area contributed by atoms with Crippen LogP contribution in [0.4, 0.5) is 0 Å². The normalized spacial score (nSPS) is 18.5. The lowest BCUT2D eigenvalue weighted by Crippen LogP contribution is -2.10. The lowest BCUT2D eigenvalue weighted by molar-refractivity contribution is 0.645. The van der Waals surface area contributed by atoms with Crippen molar-refractivity contribution in [2.45, 2.75) is 18.9 Å². The molecule has 0 unspecified atom stereocenters. The van der Waals surface area contributed by atoms with E-state index in [1.807, 2.05) is 12.1 Å². The van der Waals surface area contributed by atoms with Crippen molar-refractivity contribution in [1.82, 2.24) is 0 Å². The summed E-state index contributed by atoms with van der Waals surface area (Å²) in [6.07, 6.45) is 2.58. The zero-order valence-corrected chi connectivity index (χ0v) is 8.88. The van der Waals surface area contributed by atoms with Crippen molar-refractivity contribution >= 4 is 35.3 Å². The lowest BCUT2D eigenvalue weighted by atomic mass is 10.2. The average Bonchev–Trinajstić information content (AvgIpc) is 2.74. The Kier molecular flexibility index (Phi) is 3.41. The van der Waals surface area contributed by atoms with Crippen LogP contribution in [0, 0.1) is 5.92 Å². The summed E-state index contributed by atoms with van der Waals surface area (Å²) in [5.41, 5.74) is 5.97. The molecule has 1 atom stereocenters. The topological polar surface area (TPSA) is 26.0 Å². The van der Waals surface area contributed by atoms with Gasteiger partial charge >= 0.3 is 0 Å². The molecule has 68 valence electrons. The molecule has 2 rings (SSSR count). The third kappa shape index (κ3) is 2.13. The largest absolute Gasteiger partial charge is 0.323 e. The summed E-state index contributed by atoms with van der Waals surface area (Å²) < 4.78 is 0.844. The Labute approximate surface area is 87.3 Å². The summed E-state index contributed by atoms with van der Waals surface area (Å²) in [7, 11) is 0. The van der Waals surface area contributed by atoms with Crippen LogP contribution in [-0.4, -0.2) is 0 Å². The fraction of sp³-hybridized carbons (Fsp3) is 0.500. The maximum absolute atomic E-state index is 5.97. The highest BCUT2D eigenvalue weighted by Gasteiger charge is 2.30. The minimum atomic E-state index is 0. The molecule has 1 heterocycles. The fourth-order valence-electron chi connectivity index (χ4n) is 1.20. The predicted octanol–water partition coefficient (Wildman–Crippen LogP) is 3.23. The number of thiophene rings is 1. The Morgan fingerprint density at radius 2 is 2.17 bits per heavy atom. The van der Waals surface area contributed by atoms with E-state index in [2.05, 4.69) is 0 Å². The molecule has 1 aliphatic carbocycles. The molecule has 0 radical (unpaired) electrons. The number of hydrogen-bond donors (Lipinski definition) is 1. The third-order valence-electron chi connectivity index (χ3n) is 2.05. The first-order valence-electron chi connectivity index (χ1n) is 3.78. The molecule has 0 bridgehead atoms. The van der Waals surface area contributed by atoms with Gasteiger partial charge in [0.05, 0.1) is 4.34 Å². The van der Waals surface area contributed by atoms with Crippen LogP contribution in [0.25, 0.3) is 0 Å². The Bertz CT molecular complexity index is 257. The SMILES string of the molecule is Cl.N[C@H](c1ccc(Cl)s1)C1CC1. The summed E-state index contributed by atoms with van der Waals surface area (Å²) in [5, 5.41) is 0. The van der Waals surface area contributed by atoms with Crippen molar-refractivity contribution in [3.8, 4) is 0 Å². The second-order valence-corrected chi connectivity index (χ2v) is 4.75. The lowest BCUT2D eigenvalue weighted by Gasteiger charge is -2.05. The van der Waals surface area contributed by atoms with Crippen molar-refractivity contribution in [3.05, 3.63) is 21.3 Å². The molecule has 0 amide bonds. The number of hydrogen-bond acceptors (Lipinski definition) is 2. The Hall–Kier alpha value is 0.240. The van der Waals surface area contributed by atoms with Gasteiger partial charge in [0.2, 0.25) is 0 Å². The van der Waals surface area contributed by atoms with E-state index in [1.165, 1.54) is 17.7 Å². The van der Waals surface area contributed by atoms with Crippen LogP contribution in [0.5, 0.6) is 0 Å². The molecular weight excluding hydrogens is 213 g/mol. The second-order valence-electron chi connectivity index (χ2n) is 3.01. The first kappa shape index (κ1) is 10.3. The Balaban J connectivity index is 0.000000720. The summed E-state index contributed by atoms with van der Waals surface area (Å²) in [4.78, 5) is 1.23. The molecule has 1 saturated carbocycles. The maximum Gasteiger partial charge on any atom is 0.0931 e. The molecular formula is C8H11Cl2NS. The zero-order valence-electron chi connectivity index (χ0n) is 6.50. The van der Waals surface area contributed by atoms with Gasteiger partial charge in [-0.25, -0.2) is 0 Å². The number of nitrogens with two attached hydrogens (primary N) is 1. The van der Waals surface area contributed by atoms with E-state index >= 15 is 0 Å². The van der Waals surface area contributed by atoms with Gasteiger partial charge in [-0.3, -0.25) is 0 Å². The van der Waals surface area contributed by atoms with Crippen molar-refractivity contribution in [1.29, 1.82) is 0 Å². The van der Waals surface area contributed by atoms with Crippen LogP contribution in [0.2, 0.25) is 4.34 Å². The van der Waals surface area contributed by atoms with Crippen molar-refractivity contribution < 1.29 is 0 Å². The molecule has 0 aliphatic heterocycles. The van der Waals surface area contributed by atoms with E-state index in [4.69, 9.17) is 17.3 Å². The van der Waals surface area contributed by atoms with Crippen LogP contribution in [-0.2, 0) is 0 Å². The smallest absolute Gasteiger partial charge is 0.0931 e.